The van der Waals surface area contributed by atoms with Gasteiger partial charge in [0.05, 0.1) is 19.2 Å². The lowest BCUT2D eigenvalue weighted by atomic mass is 9.92. The molecule has 0 aromatic heterocycles. The Hall–Kier alpha value is -1.59. The highest BCUT2D eigenvalue weighted by Crippen LogP contribution is 2.18. The molecule has 2 amide bonds. The number of carbonyl (C=O) groups is 2. The van der Waals surface area contributed by atoms with Gasteiger partial charge in [-0.2, -0.15) is 0 Å². The maximum atomic E-state index is 11.9. The maximum Gasteiger partial charge on any atom is 0.239 e. The number of amides is 2. The standard InChI is InChI=1S/C16H23ClN2O3/c1-16(2,3)8-14(21)18-9-15(22)19-13(10-20)11-4-6-12(17)7-5-11/h4-7,13,20H,8-10H2,1-3H3,(H,18,21)(H,19,22). The summed E-state index contributed by atoms with van der Waals surface area (Å²) < 4.78 is 0. The van der Waals surface area contributed by atoms with Gasteiger partial charge in [-0.25, -0.2) is 0 Å². The fraction of sp³-hybridized carbons (Fsp3) is 0.500. The van der Waals surface area contributed by atoms with Gasteiger partial charge in [0, 0.05) is 11.4 Å². The first-order valence-electron chi connectivity index (χ1n) is 7.13. The van der Waals surface area contributed by atoms with Crippen LogP contribution in [-0.2, 0) is 9.59 Å². The van der Waals surface area contributed by atoms with E-state index >= 15 is 0 Å². The Labute approximate surface area is 136 Å². The van der Waals surface area contributed by atoms with Gasteiger partial charge >= 0.3 is 0 Å². The summed E-state index contributed by atoms with van der Waals surface area (Å²) in [5.41, 5.74) is 0.624. The molecular formula is C16H23ClN2O3. The fourth-order valence-corrected chi connectivity index (χ4v) is 2.02. The van der Waals surface area contributed by atoms with Gasteiger partial charge in [-0.1, -0.05) is 44.5 Å². The van der Waals surface area contributed by atoms with Crippen molar-refractivity contribution in [2.45, 2.75) is 33.2 Å². The molecule has 1 aromatic rings. The number of carbonyl (C=O) groups excluding carboxylic acids is 2. The van der Waals surface area contributed by atoms with Crippen LogP contribution in [0.25, 0.3) is 0 Å². The van der Waals surface area contributed by atoms with Gasteiger partial charge in [-0.3, -0.25) is 9.59 Å². The SMILES string of the molecule is CC(C)(C)CC(=O)NCC(=O)NC(CO)c1ccc(Cl)cc1. The molecule has 122 valence electrons. The number of halogens is 1. The highest BCUT2D eigenvalue weighted by molar-refractivity contribution is 6.30. The second-order valence-electron chi connectivity index (χ2n) is 6.37. The summed E-state index contributed by atoms with van der Waals surface area (Å²) >= 11 is 5.81. The molecule has 0 saturated heterocycles. The average Bonchev–Trinajstić information content (AvgIpc) is 2.42. The lowest BCUT2D eigenvalue weighted by Gasteiger charge is -2.19. The molecule has 6 heteroatoms. The van der Waals surface area contributed by atoms with Gasteiger partial charge < -0.3 is 15.7 Å². The van der Waals surface area contributed by atoms with Crippen molar-refractivity contribution in [3.05, 3.63) is 34.9 Å². The van der Waals surface area contributed by atoms with Gasteiger partial charge in [0.15, 0.2) is 0 Å². The second kappa shape index (κ2) is 8.15. The molecule has 0 spiro atoms. The number of benzene rings is 1. The van der Waals surface area contributed by atoms with Gasteiger partial charge in [-0.15, -0.1) is 0 Å². The number of hydrogen-bond donors (Lipinski definition) is 3. The van der Waals surface area contributed by atoms with E-state index < -0.39 is 6.04 Å². The number of hydrogen-bond acceptors (Lipinski definition) is 3. The quantitative estimate of drug-likeness (QED) is 0.748. The molecule has 0 aliphatic carbocycles. The third-order valence-electron chi connectivity index (χ3n) is 2.93. The molecule has 0 aliphatic heterocycles. The lowest BCUT2D eigenvalue weighted by molar-refractivity contribution is -0.127. The van der Waals surface area contributed by atoms with Crippen LogP contribution in [0.15, 0.2) is 24.3 Å². The fourth-order valence-electron chi connectivity index (χ4n) is 1.90. The molecule has 5 nitrogen and oxygen atoms in total. The normalized spacial score (nSPS) is 12.6. The molecule has 1 rings (SSSR count). The van der Waals surface area contributed by atoms with E-state index in [2.05, 4.69) is 10.6 Å². The zero-order valence-corrected chi connectivity index (χ0v) is 13.9. The molecule has 0 radical (unpaired) electrons. The summed E-state index contributed by atoms with van der Waals surface area (Å²) in [5, 5.41) is 15.2. The lowest BCUT2D eigenvalue weighted by Crippen LogP contribution is -2.40. The first-order chi connectivity index (χ1) is 10.2. The van der Waals surface area contributed by atoms with Crippen LogP contribution in [-0.4, -0.2) is 30.1 Å². The van der Waals surface area contributed by atoms with Crippen LogP contribution in [0.3, 0.4) is 0 Å². The molecule has 0 aliphatic rings. The molecule has 1 atom stereocenters. The van der Waals surface area contributed by atoms with Crippen LogP contribution in [0.2, 0.25) is 5.02 Å². The summed E-state index contributed by atoms with van der Waals surface area (Å²) in [6, 6.07) is 6.33. The Morgan fingerprint density at radius 1 is 1.18 bits per heavy atom. The van der Waals surface area contributed by atoms with Gasteiger partial charge in [0.25, 0.3) is 0 Å². The van der Waals surface area contributed by atoms with Crippen molar-refractivity contribution in [1.29, 1.82) is 0 Å². The zero-order chi connectivity index (χ0) is 16.8. The number of aliphatic hydroxyl groups is 1. The highest BCUT2D eigenvalue weighted by atomic mass is 35.5. The molecule has 0 saturated carbocycles. The number of rotatable bonds is 6. The van der Waals surface area contributed by atoms with Gasteiger partial charge in [0.2, 0.25) is 11.8 Å². The van der Waals surface area contributed by atoms with E-state index in [0.29, 0.717) is 11.4 Å². The highest BCUT2D eigenvalue weighted by Gasteiger charge is 2.17. The van der Waals surface area contributed by atoms with Crippen LogP contribution < -0.4 is 10.6 Å². The van der Waals surface area contributed by atoms with Crippen LogP contribution >= 0.6 is 11.6 Å². The van der Waals surface area contributed by atoms with Crippen molar-refractivity contribution in [1.82, 2.24) is 10.6 Å². The van der Waals surface area contributed by atoms with Crippen molar-refractivity contribution in [3.63, 3.8) is 0 Å². The molecule has 1 aromatic carbocycles. The second-order valence-corrected chi connectivity index (χ2v) is 6.80. The third-order valence-corrected chi connectivity index (χ3v) is 3.18. The monoisotopic (exact) mass is 326 g/mol. The summed E-state index contributed by atoms with van der Waals surface area (Å²) in [5.74, 6) is -0.522. The number of nitrogens with one attached hydrogen (secondary N) is 2. The first-order valence-corrected chi connectivity index (χ1v) is 7.51. The van der Waals surface area contributed by atoms with Gasteiger partial charge in [-0.05, 0) is 23.1 Å². The Bertz CT molecular complexity index is 509. The van der Waals surface area contributed by atoms with E-state index in [1.54, 1.807) is 24.3 Å². The minimum absolute atomic E-state index is 0.112. The van der Waals surface area contributed by atoms with Crippen molar-refractivity contribution >= 4 is 23.4 Å². The zero-order valence-electron chi connectivity index (χ0n) is 13.1. The summed E-state index contributed by atoms with van der Waals surface area (Å²) in [4.78, 5) is 23.5. The minimum atomic E-state index is -0.524. The first kappa shape index (κ1) is 18.5. The third kappa shape index (κ3) is 6.91. The van der Waals surface area contributed by atoms with Crippen LogP contribution in [0, 0.1) is 5.41 Å². The molecular weight excluding hydrogens is 304 g/mol. The van der Waals surface area contributed by atoms with Crippen molar-refractivity contribution in [2.24, 2.45) is 5.41 Å². The predicted octanol–water partition coefficient (Wildman–Crippen LogP) is 2.04. The van der Waals surface area contributed by atoms with Crippen molar-refractivity contribution < 1.29 is 14.7 Å². The summed E-state index contributed by atoms with van der Waals surface area (Å²) in [6.45, 7) is 5.52. The van der Waals surface area contributed by atoms with Crippen molar-refractivity contribution in [3.8, 4) is 0 Å². The summed E-state index contributed by atoms with van der Waals surface area (Å²) in [6.07, 6.45) is 0.348. The molecule has 0 heterocycles. The topological polar surface area (TPSA) is 78.4 Å². The van der Waals surface area contributed by atoms with E-state index in [1.165, 1.54) is 0 Å². The Kier molecular flexibility index (Phi) is 6.84. The Morgan fingerprint density at radius 2 is 1.77 bits per heavy atom. The van der Waals surface area contributed by atoms with E-state index in [1.807, 2.05) is 20.8 Å². The molecule has 1 unspecified atom stereocenters. The molecule has 0 bridgehead atoms. The van der Waals surface area contributed by atoms with E-state index in [9.17, 15) is 14.7 Å². The van der Waals surface area contributed by atoms with Crippen LogP contribution in [0.1, 0.15) is 38.8 Å². The Morgan fingerprint density at radius 3 is 2.27 bits per heavy atom. The van der Waals surface area contributed by atoms with Crippen LogP contribution in [0.5, 0.6) is 0 Å². The number of aliphatic hydroxyl groups excluding tert-OH is 1. The maximum absolute atomic E-state index is 11.9. The largest absolute Gasteiger partial charge is 0.394 e. The van der Waals surface area contributed by atoms with E-state index in [0.717, 1.165) is 5.56 Å². The minimum Gasteiger partial charge on any atom is -0.394 e. The molecule has 22 heavy (non-hydrogen) atoms. The average molecular weight is 327 g/mol. The van der Waals surface area contributed by atoms with Crippen molar-refractivity contribution in [2.75, 3.05) is 13.2 Å². The summed E-state index contributed by atoms with van der Waals surface area (Å²) in [7, 11) is 0. The Balaban J connectivity index is 2.49. The molecule has 0 fully saturated rings. The smallest absolute Gasteiger partial charge is 0.239 e. The predicted molar refractivity (Wildman–Crippen MR) is 86.5 cm³/mol. The van der Waals surface area contributed by atoms with E-state index in [4.69, 9.17) is 11.6 Å². The van der Waals surface area contributed by atoms with E-state index in [-0.39, 0.29) is 30.4 Å². The molecule has 3 N–H and O–H groups in total. The van der Waals surface area contributed by atoms with Crippen LogP contribution in [0.4, 0.5) is 0 Å². The van der Waals surface area contributed by atoms with Gasteiger partial charge in [0.1, 0.15) is 0 Å².